The molecule has 0 heterocycles. The molecule has 0 aliphatic carbocycles. The molecule has 8 nitrogen and oxygen atoms in total. The van der Waals surface area contributed by atoms with Gasteiger partial charge in [0.25, 0.3) is 5.69 Å². The van der Waals surface area contributed by atoms with Gasteiger partial charge in [0, 0.05) is 23.8 Å². The molecule has 0 fully saturated rings. The molecule has 2 aromatic rings. The molecule has 0 bridgehead atoms. The van der Waals surface area contributed by atoms with Crippen LogP contribution in [0.4, 0.5) is 15.8 Å². The molecule has 0 amide bonds. The molecule has 2 aromatic carbocycles. The number of methoxy groups -OCH3 is 1. The second kappa shape index (κ2) is 6.26. The number of nitro benzene ring substituents is 2. The van der Waals surface area contributed by atoms with Crippen LogP contribution in [0.3, 0.4) is 0 Å². The molecule has 0 N–H and O–H groups in total. The monoisotopic (exact) mass is 322 g/mol. The molecule has 2 rings (SSSR count). The summed E-state index contributed by atoms with van der Waals surface area (Å²) in [5.74, 6) is -1.33. The predicted molar refractivity (Wildman–Crippen MR) is 77.5 cm³/mol. The van der Waals surface area contributed by atoms with Crippen molar-refractivity contribution in [2.75, 3.05) is 7.11 Å². The molecule has 0 aromatic heterocycles. The van der Waals surface area contributed by atoms with Crippen LogP contribution in [0.2, 0.25) is 0 Å². The number of nitrogens with zero attached hydrogens (tertiary/aromatic N) is 2. The fraction of sp³-hybridized carbons (Fsp3) is 0.143. The van der Waals surface area contributed by atoms with E-state index in [-0.39, 0.29) is 22.9 Å². The molecule has 120 valence electrons. The number of benzene rings is 2. The Morgan fingerprint density at radius 1 is 1.04 bits per heavy atom. The van der Waals surface area contributed by atoms with Crippen LogP contribution in [0.15, 0.2) is 30.3 Å². The summed E-state index contributed by atoms with van der Waals surface area (Å²) in [6, 6.07) is 5.84. The standard InChI is InChI=1S/C14H11FN2O6/c1-8-5-9(3-4-12(8)16(18)19)23-13-7-10(22-2)6-11(15)14(13)17(20)21/h3-7H,1-2H3. The van der Waals surface area contributed by atoms with E-state index in [0.29, 0.717) is 5.56 Å². The van der Waals surface area contributed by atoms with Crippen LogP contribution in [0.5, 0.6) is 17.2 Å². The largest absolute Gasteiger partial charge is 0.497 e. The van der Waals surface area contributed by atoms with Crippen molar-refractivity contribution in [3.8, 4) is 17.2 Å². The topological polar surface area (TPSA) is 105 Å². The maximum atomic E-state index is 13.8. The first-order chi connectivity index (χ1) is 10.8. The Hall–Kier alpha value is -3.23. The van der Waals surface area contributed by atoms with Gasteiger partial charge in [0.15, 0.2) is 0 Å². The van der Waals surface area contributed by atoms with Crippen molar-refractivity contribution in [2.24, 2.45) is 0 Å². The van der Waals surface area contributed by atoms with Gasteiger partial charge in [-0.2, -0.15) is 4.39 Å². The van der Waals surface area contributed by atoms with Crippen molar-refractivity contribution < 1.29 is 23.7 Å². The molecule has 9 heteroatoms. The summed E-state index contributed by atoms with van der Waals surface area (Å²) >= 11 is 0. The van der Waals surface area contributed by atoms with E-state index < -0.39 is 21.4 Å². The van der Waals surface area contributed by atoms with Crippen LogP contribution in [0.1, 0.15) is 5.56 Å². The van der Waals surface area contributed by atoms with E-state index in [1.165, 1.54) is 32.2 Å². The molecule has 0 atom stereocenters. The second-order valence-corrected chi connectivity index (χ2v) is 4.52. The summed E-state index contributed by atoms with van der Waals surface area (Å²) in [4.78, 5) is 20.3. The van der Waals surface area contributed by atoms with Crippen LogP contribution in [-0.2, 0) is 0 Å². The van der Waals surface area contributed by atoms with E-state index in [9.17, 15) is 24.6 Å². The van der Waals surface area contributed by atoms with E-state index in [1.807, 2.05) is 0 Å². The lowest BCUT2D eigenvalue weighted by Gasteiger charge is -2.09. The molecule has 0 saturated heterocycles. The minimum absolute atomic E-state index is 0.0433. The zero-order valence-electron chi connectivity index (χ0n) is 12.1. The van der Waals surface area contributed by atoms with E-state index >= 15 is 0 Å². The number of hydrogen-bond acceptors (Lipinski definition) is 6. The van der Waals surface area contributed by atoms with E-state index in [4.69, 9.17) is 9.47 Å². The maximum absolute atomic E-state index is 13.8. The van der Waals surface area contributed by atoms with Crippen LogP contribution >= 0.6 is 0 Å². The van der Waals surface area contributed by atoms with Gasteiger partial charge in [-0.15, -0.1) is 0 Å². The van der Waals surface area contributed by atoms with Gasteiger partial charge < -0.3 is 9.47 Å². The van der Waals surface area contributed by atoms with Crippen molar-refractivity contribution in [3.63, 3.8) is 0 Å². The maximum Gasteiger partial charge on any atom is 0.347 e. The third-order valence-electron chi connectivity index (χ3n) is 3.01. The zero-order valence-corrected chi connectivity index (χ0v) is 12.1. The molecule has 23 heavy (non-hydrogen) atoms. The fourth-order valence-electron chi connectivity index (χ4n) is 1.95. The molecule has 0 saturated carbocycles. The van der Waals surface area contributed by atoms with Gasteiger partial charge >= 0.3 is 5.69 Å². The molecule has 0 unspecified atom stereocenters. The molecular weight excluding hydrogens is 311 g/mol. The van der Waals surface area contributed by atoms with Gasteiger partial charge in [0.1, 0.15) is 11.5 Å². The number of halogens is 1. The molecule has 0 aliphatic rings. The first kappa shape index (κ1) is 16.1. The van der Waals surface area contributed by atoms with Crippen molar-refractivity contribution in [1.82, 2.24) is 0 Å². The Labute approximate surface area is 129 Å². The Bertz CT molecular complexity index is 793. The van der Waals surface area contributed by atoms with Gasteiger partial charge in [-0.05, 0) is 19.1 Å². The first-order valence-electron chi connectivity index (χ1n) is 6.28. The van der Waals surface area contributed by atoms with Gasteiger partial charge in [0.2, 0.25) is 11.6 Å². The number of aryl methyl sites for hydroxylation is 1. The average molecular weight is 322 g/mol. The first-order valence-corrected chi connectivity index (χ1v) is 6.28. The van der Waals surface area contributed by atoms with E-state index in [1.54, 1.807) is 0 Å². The molecule has 0 radical (unpaired) electrons. The lowest BCUT2D eigenvalue weighted by atomic mass is 10.2. The number of hydrogen-bond donors (Lipinski definition) is 0. The molecular formula is C14H11FN2O6. The average Bonchev–Trinajstić information content (AvgIpc) is 2.45. The highest BCUT2D eigenvalue weighted by Gasteiger charge is 2.24. The number of nitro groups is 2. The summed E-state index contributed by atoms with van der Waals surface area (Å²) in [6.07, 6.45) is 0. The van der Waals surface area contributed by atoms with Crippen LogP contribution < -0.4 is 9.47 Å². The van der Waals surface area contributed by atoms with Gasteiger partial charge in [-0.25, -0.2) is 0 Å². The summed E-state index contributed by atoms with van der Waals surface area (Å²) in [7, 11) is 1.28. The highest BCUT2D eigenvalue weighted by molar-refractivity contribution is 5.54. The SMILES string of the molecule is COc1cc(F)c([N+](=O)[O-])c(Oc2ccc([N+](=O)[O-])c(C)c2)c1. The minimum atomic E-state index is -1.11. The Morgan fingerprint density at radius 2 is 1.74 bits per heavy atom. The van der Waals surface area contributed by atoms with Gasteiger partial charge in [-0.1, -0.05) is 0 Å². The Kier molecular flexibility index (Phi) is 4.39. The predicted octanol–water partition coefficient (Wildman–Crippen LogP) is 3.75. The number of rotatable bonds is 5. The number of ether oxygens (including phenoxy) is 2. The molecule has 0 aliphatic heterocycles. The Balaban J connectivity index is 2.47. The third-order valence-corrected chi connectivity index (χ3v) is 3.01. The normalized spacial score (nSPS) is 10.2. The van der Waals surface area contributed by atoms with Crippen molar-refractivity contribution in [1.29, 1.82) is 0 Å². The lowest BCUT2D eigenvalue weighted by Crippen LogP contribution is -1.99. The van der Waals surface area contributed by atoms with Crippen molar-refractivity contribution in [2.45, 2.75) is 6.92 Å². The summed E-state index contributed by atoms with van der Waals surface area (Å²) in [5.41, 5.74) is -0.663. The van der Waals surface area contributed by atoms with Gasteiger partial charge in [0.05, 0.1) is 17.0 Å². The second-order valence-electron chi connectivity index (χ2n) is 4.52. The Morgan fingerprint density at radius 3 is 2.26 bits per heavy atom. The van der Waals surface area contributed by atoms with E-state index in [0.717, 1.165) is 12.1 Å². The smallest absolute Gasteiger partial charge is 0.347 e. The quantitative estimate of drug-likeness (QED) is 0.613. The van der Waals surface area contributed by atoms with Crippen LogP contribution in [-0.4, -0.2) is 17.0 Å². The van der Waals surface area contributed by atoms with Crippen molar-refractivity contribution in [3.05, 3.63) is 61.9 Å². The summed E-state index contributed by atoms with van der Waals surface area (Å²) < 4.78 is 24.0. The minimum Gasteiger partial charge on any atom is -0.497 e. The third kappa shape index (κ3) is 3.34. The zero-order chi connectivity index (χ0) is 17.1. The summed E-state index contributed by atoms with van der Waals surface area (Å²) in [5, 5.41) is 21.8. The lowest BCUT2D eigenvalue weighted by molar-refractivity contribution is -0.388. The van der Waals surface area contributed by atoms with E-state index in [2.05, 4.69) is 0 Å². The fourth-order valence-corrected chi connectivity index (χ4v) is 1.95. The highest BCUT2D eigenvalue weighted by atomic mass is 19.1. The van der Waals surface area contributed by atoms with Crippen LogP contribution in [0, 0.1) is 33.0 Å². The summed E-state index contributed by atoms with van der Waals surface area (Å²) in [6.45, 7) is 1.49. The van der Waals surface area contributed by atoms with Crippen LogP contribution in [0.25, 0.3) is 0 Å². The van der Waals surface area contributed by atoms with Crippen molar-refractivity contribution >= 4 is 11.4 Å². The molecule has 0 spiro atoms. The van der Waals surface area contributed by atoms with Gasteiger partial charge in [-0.3, -0.25) is 20.2 Å². The highest BCUT2D eigenvalue weighted by Crippen LogP contribution is 2.38.